The largest absolute Gasteiger partial charge is 0.493 e. The lowest BCUT2D eigenvalue weighted by atomic mass is 10.2. The van der Waals surface area contributed by atoms with Crippen LogP contribution in [-0.2, 0) is 5.33 Å². The second-order valence-electron chi connectivity index (χ2n) is 3.56. The van der Waals surface area contributed by atoms with E-state index >= 15 is 0 Å². The Hall–Kier alpha value is -1.19. The van der Waals surface area contributed by atoms with Gasteiger partial charge in [-0.05, 0) is 36.4 Å². The van der Waals surface area contributed by atoms with E-state index in [0.29, 0.717) is 21.9 Å². The van der Waals surface area contributed by atoms with E-state index in [2.05, 4.69) is 22.0 Å². The van der Waals surface area contributed by atoms with Gasteiger partial charge in [-0.15, -0.1) is 0 Å². The van der Waals surface area contributed by atoms with Gasteiger partial charge in [-0.1, -0.05) is 33.6 Å². The van der Waals surface area contributed by atoms with Crippen LogP contribution in [-0.4, -0.2) is 7.11 Å². The predicted molar refractivity (Wildman–Crippen MR) is 76.0 cm³/mol. The topological polar surface area (TPSA) is 18.5 Å². The van der Waals surface area contributed by atoms with E-state index in [-0.39, 0.29) is 0 Å². The maximum absolute atomic E-state index is 5.95. The van der Waals surface area contributed by atoms with Gasteiger partial charge in [0, 0.05) is 15.9 Å². The Balaban J connectivity index is 2.33. The number of hydrogen-bond donors (Lipinski definition) is 0. The quantitative estimate of drug-likeness (QED) is 0.749. The van der Waals surface area contributed by atoms with Gasteiger partial charge >= 0.3 is 0 Å². The summed E-state index contributed by atoms with van der Waals surface area (Å²) in [5.41, 5.74) is 0.980. The molecule has 0 aliphatic heterocycles. The van der Waals surface area contributed by atoms with Gasteiger partial charge in [0.2, 0.25) is 0 Å². The molecule has 0 amide bonds. The third-order valence-electron chi connectivity index (χ3n) is 2.39. The summed E-state index contributed by atoms with van der Waals surface area (Å²) in [7, 11) is 1.61. The minimum atomic E-state index is 0.629. The van der Waals surface area contributed by atoms with Crippen LogP contribution in [0.25, 0.3) is 0 Å². The molecule has 0 saturated heterocycles. The molecule has 2 aromatic carbocycles. The molecule has 0 spiro atoms. The summed E-state index contributed by atoms with van der Waals surface area (Å²) in [6, 6.07) is 13.8. The monoisotopic (exact) mass is 325 g/mol. The highest BCUT2D eigenvalue weighted by molar-refractivity contribution is 9.08. The van der Waals surface area contributed by atoms with Crippen LogP contribution in [0.3, 0.4) is 0 Å². The van der Waals surface area contributed by atoms with Crippen LogP contribution < -0.4 is 9.47 Å². The zero-order chi connectivity index (χ0) is 13.0. The van der Waals surface area contributed by atoms with Gasteiger partial charge in [0.25, 0.3) is 0 Å². The van der Waals surface area contributed by atoms with E-state index < -0.39 is 0 Å². The van der Waals surface area contributed by atoms with Crippen LogP contribution in [0.15, 0.2) is 36.4 Å². The van der Waals surface area contributed by atoms with Crippen LogP contribution in [0.5, 0.6) is 17.2 Å². The van der Waals surface area contributed by atoms with Crippen LogP contribution in [0, 0.1) is 6.07 Å². The summed E-state index contributed by atoms with van der Waals surface area (Å²) in [6.45, 7) is 0. The summed E-state index contributed by atoms with van der Waals surface area (Å²) in [4.78, 5) is 0. The minimum absolute atomic E-state index is 0.629. The van der Waals surface area contributed by atoms with Crippen LogP contribution in [0.1, 0.15) is 5.56 Å². The molecule has 18 heavy (non-hydrogen) atoms. The first-order chi connectivity index (χ1) is 8.74. The molecule has 0 unspecified atom stereocenters. The Kier molecular flexibility index (Phi) is 4.50. The fourth-order valence-corrected chi connectivity index (χ4v) is 2.15. The van der Waals surface area contributed by atoms with Crippen molar-refractivity contribution in [2.45, 2.75) is 5.33 Å². The van der Waals surface area contributed by atoms with Crippen molar-refractivity contribution >= 4 is 27.5 Å². The molecule has 4 heteroatoms. The Morgan fingerprint density at radius 3 is 2.78 bits per heavy atom. The van der Waals surface area contributed by atoms with Crippen LogP contribution in [0.4, 0.5) is 0 Å². The maximum atomic E-state index is 5.95. The van der Waals surface area contributed by atoms with E-state index in [1.54, 1.807) is 31.4 Å². The zero-order valence-electron chi connectivity index (χ0n) is 9.74. The third kappa shape index (κ3) is 2.98. The summed E-state index contributed by atoms with van der Waals surface area (Å²) in [5, 5.41) is 1.35. The highest BCUT2D eigenvalue weighted by Gasteiger charge is 2.08. The first kappa shape index (κ1) is 13.2. The molecule has 0 fully saturated rings. The number of ether oxygens (including phenoxy) is 2. The third-order valence-corrected chi connectivity index (χ3v) is 3.23. The lowest BCUT2D eigenvalue weighted by Crippen LogP contribution is -1.92. The van der Waals surface area contributed by atoms with Crippen molar-refractivity contribution in [1.82, 2.24) is 0 Å². The van der Waals surface area contributed by atoms with Crippen LogP contribution in [0.2, 0.25) is 5.02 Å². The fourth-order valence-electron chi connectivity index (χ4n) is 1.52. The van der Waals surface area contributed by atoms with E-state index in [1.807, 2.05) is 12.1 Å². The van der Waals surface area contributed by atoms with E-state index in [4.69, 9.17) is 21.1 Å². The molecule has 0 saturated carbocycles. The van der Waals surface area contributed by atoms with Gasteiger partial charge in [-0.2, -0.15) is 0 Å². The lowest BCUT2D eigenvalue weighted by molar-refractivity contribution is 0.378. The van der Waals surface area contributed by atoms with Gasteiger partial charge in [0.1, 0.15) is 5.75 Å². The molecule has 0 aromatic heterocycles. The average Bonchev–Trinajstić information content (AvgIpc) is 2.41. The van der Waals surface area contributed by atoms with Gasteiger partial charge in [-0.25, -0.2) is 0 Å². The standard InChI is InChI=1S/C14H11BrClO2/c1-17-13-4-2-3-5-14(13)18-12-7-6-11(16)8-10(12)9-15/h2,4-8H,9H2,1H3. The molecule has 0 N–H and O–H groups in total. The highest BCUT2D eigenvalue weighted by atomic mass is 79.9. The molecule has 2 nitrogen and oxygen atoms in total. The van der Waals surface area contributed by atoms with Gasteiger partial charge in [-0.3, -0.25) is 0 Å². The SMILES string of the molecule is COc1cc[c]cc1Oc1ccc(Cl)cc1CBr. The lowest BCUT2D eigenvalue weighted by Gasteiger charge is -2.12. The Morgan fingerprint density at radius 2 is 2.06 bits per heavy atom. The molecule has 0 atom stereocenters. The summed E-state index contributed by atoms with van der Waals surface area (Å²) >= 11 is 9.36. The molecule has 2 rings (SSSR count). The molecule has 0 heterocycles. The zero-order valence-corrected chi connectivity index (χ0v) is 12.1. The van der Waals surface area contributed by atoms with E-state index in [1.165, 1.54) is 0 Å². The number of halogens is 2. The predicted octanol–water partition coefficient (Wildman–Crippen LogP) is 4.84. The summed E-state index contributed by atoms with van der Waals surface area (Å²) < 4.78 is 11.1. The number of alkyl halides is 1. The van der Waals surface area contributed by atoms with Gasteiger partial charge < -0.3 is 9.47 Å². The maximum Gasteiger partial charge on any atom is 0.169 e. The number of benzene rings is 2. The first-order valence-electron chi connectivity index (χ1n) is 5.31. The van der Waals surface area contributed by atoms with Gasteiger partial charge in [0.15, 0.2) is 11.5 Å². The minimum Gasteiger partial charge on any atom is -0.493 e. The first-order valence-corrected chi connectivity index (χ1v) is 6.81. The highest BCUT2D eigenvalue weighted by Crippen LogP contribution is 2.34. The Bertz CT molecular complexity index is 543. The van der Waals surface area contributed by atoms with Crippen molar-refractivity contribution in [1.29, 1.82) is 0 Å². The van der Waals surface area contributed by atoms with Crippen LogP contribution >= 0.6 is 27.5 Å². The van der Waals surface area contributed by atoms with Crippen molar-refractivity contribution < 1.29 is 9.47 Å². The second kappa shape index (κ2) is 6.12. The molecule has 0 aliphatic rings. The van der Waals surface area contributed by atoms with Gasteiger partial charge in [0.05, 0.1) is 7.11 Å². The molecular formula is C14H11BrClO2. The van der Waals surface area contributed by atoms with Crippen molar-refractivity contribution in [3.63, 3.8) is 0 Å². The van der Waals surface area contributed by atoms with E-state index in [0.717, 1.165) is 11.3 Å². The van der Waals surface area contributed by atoms with E-state index in [9.17, 15) is 0 Å². The summed E-state index contributed by atoms with van der Waals surface area (Å²) in [5.74, 6) is 2.04. The summed E-state index contributed by atoms with van der Waals surface area (Å²) in [6.07, 6.45) is 0. The van der Waals surface area contributed by atoms with Crippen molar-refractivity contribution in [2.75, 3.05) is 7.11 Å². The Morgan fingerprint density at radius 1 is 1.22 bits per heavy atom. The smallest absolute Gasteiger partial charge is 0.169 e. The van der Waals surface area contributed by atoms with Crippen molar-refractivity contribution in [3.8, 4) is 17.2 Å². The van der Waals surface area contributed by atoms with Crippen molar-refractivity contribution in [3.05, 3.63) is 53.1 Å². The fraction of sp³-hybridized carbons (Fsp3) is 0.143. The molecular weight excluding hydrogens is 316 g/mol. The second-order valence-corrected chi connectivity index (χ2v) is 4.56. The number of methoxy groups -OCH3 is 1. The number of rotatable bonds is 4. The molecule has 0 bridgehead atoms. The normalized spacial score (nSPS) is 10.2. The van der Waals surface area contributed by atoms with Crippen molar-refractivity contribution in [2.24, 2.45) is 0 Å². The molecule has 0 aliphatic carbocycles. The molecule has 2 aromatic rings. The molecule has 1 radical (unpaired) electrons. The average molecular weight is 327 g/mol. The Labute approximate surface area is 120 Å². The molecule has 93 valence electrons. The number of hydrogen-bond acceptors (Lipinski definition) is 2.